The van der Waals surface area contributed by atoms with Crippen molar-refractivity contribution in [2.24, 2.45) is 0 Å². The van der Waals surface area contributed by atoms with E-state index in [2.05, 4.69) is 5.32 Å². The summed E-state index contributed by atoms with van der Waals surface area (Å²) in [5.74, 6) is -1.76. The van der Waals surface area contributed by atoms with Gasteiger partial charge in [-0.1, -0.05) is 32.3 Å². The molecule has 7 nitrogen and oxygen atoms in total. The number of carboxylic acid groups (broad SMARTS) is 1. The van der Waals surface area contributed by atoms with Crippen LogP contribution < -0.4 is 5.32 Å². The Morgan fingerprint density at radius 2 is 2.00 bits per heavy atom. The lowest BCUT2D eigenvalue weighted by atomic mass is 9.98. The zero-order valence-electron chi connectivity index (χ0n) is 13.7. The van der Waals surface area contributed by atoms with Gasteiger partial charge >= 0.3 is 12.1 Å². The summed E-state index contributed by atoms with van der Waals surface area (Å²) in [5.41, 5.74) is -0.407. The van der Waals surface area contributed by atoms with Crippen LogP contribution in [0.3, 0.4) is 0 Å². The van der Waals surface area contributed by atoms with Crippen molar-refractivity contribution in [2.75, 3.05) is 5.32 Å². The topological polar surface area (TPSA) is 105 Å². The van der Waals surface area contributed by atoms with Crippen molar-refractivity contribution in [1.29, 1.82) is 0 Å². The number of carbonyl (C=O) groups excluding carboxylic acids is 1. The van der Waals surface area contributed by atoms with Crippen molar-refractivity contribution in [3.8, 4) is 5.75 Å². The molecule has 0 radical (unpaired) electrons. The summed E-state index contributed by atoms with van der Waals surface area (Å²) in [7, 11) is 0. The van der Waals surface area contributed by atoms with Crippen molar-refractivity contribution in [3.05, 3.63) is 23.8 Å². The maximum Gasteiger partial charge on any atom is 0.413 e. The second-order valence-corrected chi connectivity index (χ2v) is 5.77. The SMILES string of the molecule is CCC(OC(=O)Nc1cccc(O)c1C(=O)O)OC1CCCCC1. The summed E-state index contributed by atoms with van der Waals surface area (Å²) in [6.07, 6.45) is 4.42. The Labute approximate surface area is 140 Å². The Morgan fingerprint density at radius 1 is 1.29 bits per heavy atom. The summed E-state index contributed by atoms with van der Waals surface area (Å²) < 4.78 is 11.0. The minimum absolute atomic E-state index is 0.0278. The first kappa shape index (κ1) is 18.1. The molecule has 0 heterocycles. The van der Waals surface area contributed by atoms with Gasteiger partial charge in [0.05, 0.1) is 11.8 Å². The fourth-order valence-electron chi connectivity index (χ4n) is 2.75. The molecular weight excluding hydrogens is 314 g/mol. The maximum atomic E-state index is 12.0. The fourth-order valence-corrected chi connectivity index (χ4v) is 2.75. The molecule has 1 fully saturated rings. The normalized spacial score (nSPS) is 16.4. The van der Waals surface area contributed by atoms with Crippen LogP contribution in [0.25, 0.3) is 0 Å². The van der Waals surface area contributed by atoms with E-state index in [0.29, 0.717) is 6.42 Å². The monoisotopic (exact) mass is 337 g/mol. The quantitative estimate of drug-likeness (QED) is 0.683. The predicted octanol–water partition coefficient (Wildman–Crippen LogP) is 3.72. The van der Waals surface area contributed by atoms with Crippen molar-refractivity contribution in [2.45, 2.75) is 57.8 Å². The molecule has 1 aromatic carbocycles. The van der Waals surface area contributed by atoms with Gasteiger partial charge in [-0.3, -0.25) is 5.32 Å². The second kappa shape index (κ2) is 8.54. The minimum atomic E-state index is -1.34. The second-order valence-electron chi connectivity index (χ2n) is 5.77. The summed E-state index contributed by atoms with van der Waals surface area (Å²) >= 11 is 0. The Morgan fingerprint density at radius 3 is 2.62 bits per heavy atom. The molecule has 1 saturated carbocycles. The largest absolute Gasteiger partial charge is 0.507 e. The lowest BCUT2D eigenvalue weighted by molar-refractivity contribution is -0.143. The molecule has 1 amide bonds. The van der Waals surface area contributed by atoms with Gasteiger partial charge in [-0.05, 0) is 25.0 Å². The van der Waals surface area contributed by atoms with Crippen LogP contribution in [0.15, 0.2) is 18.2 Å². The van der Waals surface area contributed by atoms with Gasteiger partial charge in [0, 0.05) is 6.42 Å². The molecule has 0 aromatic heterocycles. The first-order valence-electron chi connectivity index (χ1n) is 8.19. The highest BCUT2D eigenvalue weighted by molar-refractivity contribution is 6.01. The Balaban J connectivity index is 1.96. The van der Waals surface area contributed by atoms with Crippen molar-refractivity contribution in [3.63, 3.8) is 0 Å². The maximum absolute atomic E-state index is 12.0. The van der Waals surface area contributed by atoms with Crippen LogP contribution >= 0.6 is 0 Å². The van der Waals surface area contributed by atoms with Gasteiger partial charge in [0.2, 0.25) is 6.29 Å². The number of hydrogen-bond acceptors (Lipinski definition) is 5. The zero-order valence-corrected chi connectivity index (χ0v) is 13.7. The van der Waals surface area contributed by atoms with Gasteiger partial charge in [0.25, 0.3) is 0 Å². The first-order chi connectivity index (χ1) is 11.5. The molecule has 7 heteroatoms. The van der Waals surface area contributed by atoms with Gasteiger partial charge in [0.1, 0.15) is 11.3 Å². The van der Waals surface area contributed by atoms with E-state index < -0.39 is 24.1 Å². The third-order valence-corrected chi connectivity index (χ3v) is 3.96. The molecular formula is C17H23NO6. The summed E-state index contributed by atoms with van der Waals surface area (Å²) in [6.45, 7) is 1.85. The van der Waals surface area contributed by atoms with E-state index in [4.69, 9.17) is 14.6 Å². The molecule has 0 bridgehead atoms. The van der Waals surface area contributed by atoms with Crippen LogP contribution in [0.5, 0.6) is 5.75 Å². The van der Waals surface area contributed by atoms with Gasteiger partial charge in [-0.25, -0.2) is 9.59 Å². The van der Waals surface area contributed by atoms with Gasteiger partial charge < -0.3 is 19.7 Å². The minimum Gasteiger partial charge on any atom is -0.507 e. The van der Waals surface area contributed by atoms with Gasteiger partial charge in [0.15, 0.2) is 0 Å². The molecule has 1 atom stereocenters. The highest BCUT2D eigenvalue weighted by Crippen LogP contribution is 2.26. The summed E-state index contributed by atoms with van der Waals surface area (Å²) in [6, 6.07) is 4.06. The van der Waals surface area contributed by atoms with Crippen LogP contribution in [-0.4, -0.2) is 34.7 Å². The molecule has 1 unspecified atom stereocenters. The van der Waals surface area contributed by atoms with Crippen LogP contribution in [0, 0.1) is 0 Å². The highest BCUT2D eigenvalue weighted by atomic mass is 16.7. The van der Waals surface area contributed by atoms with Crippen molar-refractivity contribution >= 4 is 17.7 Å². The molecule has 3 N–H and O–H groups in total. The number of carboxylic acids is 1. The molecule has 1 aliphatic carbocycles. The van der Waals surface area contributed by atoms with Crippen molar-refractivity contribution in [1.82, 2.24) is 0 Å². The number of aromatic hydroxyl groups is 1. The van der Waals surface area contributed by atoms with Gasteiger partial charge in [-0.2, -0.15) is 0 Å². The van der Waals surface area contributed by atoms with E-state index in [0.717, 1.165) is 25.7 Å². The molecule has 1 aliphatic rings. The first-order valence-corrected chi connectivity index (χ1v) is 8.19. The van der Waals surface area contributed by atoms with Crippen LogP contribution in [0.2, 0.25) is 0 Å². The number of anilines is 1. The number of aromatic carboxylic acids is 1. The lowest BCUT2D eigenvalue weighted by Gasteiger charge is -2.26. The molecule has 24 heavy (non-hydrogen) atoms. The van der Waals surface area contributed by atoms with Crippen molar-refractivity contribution < 1.29 is 29.3 Å². The number of amides is 1. The predicted molar refractivity (Wildman–Crippen MR) is 87.2 cm³/mol. The Bertz CT molecular complexity index is 582. The third-order valence-electron chi connectivity index (χ3n) is 3.96. The fraction of sp³-hybridized carbons (Fsp3) is 0.529. The molecule has 132 valence electrons. The Hall–Kier alpha value is -2.28. The molecule has 1 aromatic rings. The smallest absolute Gasteiger partial charge is 0.413 e. The molecule has 2 rings (SSSR count). The van der Waals surface area contributed by atoms with E-state index in [9.17, 15) is 14.7 Å². The highest BCUT2D eigenvalue weighted by Gasteiger charge is 2.22. The molecule has 0 aliphatic heterocycles. The zero-order chi connectivity index (χ0) is 17.5. The van der Waals surface area contributed by atoms with E-state index in [-0.39, 0.29) is 17.4 Å². The van der Waals surface area contributed by atoms with E-state index in [1.165, 1.54) is 24.6 Å². The molecule has 0 spiro atoms. The number of ether oxygens (including phenoxy) is 2. The standard InChI is InChI=1S/C17H23NO6/c1-2-14(23-11-7-4-3-5-8-11)24-17(22)18-12-9-6-10-13(19)15(12)16(20)21/h6,9-11,14,19H,2-5,7-8H2,1H3,(H,18,22)(H,20,21). The Kier molecular flexibility index (Phi) is 6.43. The number of nitrogens with one attached hydrogen (secondary N) is 1. The van der Waals surface area contributed by atoms with E-state index in [1.54, 1.807) is 0 Å². The van der Waals surface area contributed by atoms with Crippen LogP contribution in [0.1, 0.15) is 55.8 Å². The van der Waals surface area contributed by atoms with Gasteiger partial charge in [-0.15, -0.1) is 0 Å². The number of phenols is 1. The number of benzene rings is 1. The van der Waals surface area contributed by atoms with E-state index >= 15 is 0 Å². The number of hydrogen-bond donors (Lipinski definition) is 3. The van der Waals surface area contributed by atoms with Crippen LogP contribution in [0.4, 0.5) is 10.5 Å². The summed E-state index contributed by atoms with van der Waals surface area (Å²) in [5, 5.41) is 21.1. The number of carbonyl (C=O) groups is 2. The average Bonchev–Trinajstić information content (AvgIpc) is 2.54. The van der Waals surface area contributed by atoms with E-state index in [1.807, 2.05) is 6.92 Å². The average molecular weight is 337 g/mol. The van der Waals surface area contributed by atoms with Crippen LogP contribution in [-0.2, 0) is 9.47 Å². The number of rotatable bonds is 6. The molecule has 0 saturated heterocycles. The lowest BCUT2D eigenvalue weighted by Crippen LogP contribution is -2.30. The summed E-state index contributed by atoms with van der Waals surface area (Å²) in [4.78, 5) is 23.2. The third kappa shape index (κ3) is 4.86.